The molecule has 136 valence electrons. The third kappa shape index (κ3) is 3.62. The normalized spacial score (nSPS) is 21.5. The molecular formula is C19H23N5O2. The van der Waals surface area contributed by atoms with Crippen molar-refractivity contribution in [1.29, 1.82) is 0 Å². The van der Waals surface area contributed by atoms with Crippen LogP contribution >= 0.6 is 0 Å². The van der Waals surface area contributed by atoms with E-state index in [0.29, 0.717) is 24.6 Å². The second-order valence-corrected chi connectivity index (χ2v) is 6.66. The Balaban J connectivity index is 1.48. The number of urea groups is 1. The fraction of sp³-hybridized carbons (Fsp3) is 0.421. The molecule has 1 aromatic heterocycles. The Kier molecular flexibility index (Phi) is 4.71. The number of carbonyl (C=O) groups is 1. The molecule has 1 aromatic carbocycles. The van der Waals surface area contributed by atoms with E-state index < -0.39 is 0 Å². The van der Waals surface area contributed by atoms with E-state index in [9.17, 15) is 4.79 Å². The third-order valence-corrected chi connectivity index (χ3v) is 4.75. The van der Waals surface area contributed by atoms with E-state index >= 15 is 0 Å². The average Bonchev–Trinajstić information content (AvgIpc) is 3.00. The van der Waals surface area contributed by atoms with Crippen LogP contribution in [0.4, 0.5) is 16.3 Å². The van der Waals surface area contributed by atoms with Crippen LogP contribution in [0.25, 0.3) is 11.4 Å². The summed E-state index contributed by atoms with van der Waals surface area (Å²) in [5.41, 5.74) is 1.66. The molecule has 4 rings (SSSR count). The lowest BCUT2D eigenvalue weighted by Crippen LogP contribution is -2.43. The SMILES string of the molecule is CCNC(=O)Nc1ccc(-c2nccc(N3CC4CC[C@H](C3)O4)n2)cc1. The maximum absolute atomic E-state index is 11.6. The number of carbonyl (C=O) groups excluding carboxylic acids is 1. The Morgan fingerprint density at radius 2 is 1.92 bits per heavy atom. The van der Waals surface area contributed by atoms with Crippen LogP contribution in [-0.4, -0.2) is 47.8 Å². The van der Waals surface area contributed by atoms with E-state index in [1.165, 1.54) is 0 Å². The largest absolute Gasteiger partial charge is 0.371 e. The summed E-state index contributed by atoms with van der Waals surface area (Å²) in [5, 5.41) is 5.49. The standard InChI is InChI=1S/C19H23N5O2/c1-2-20-19(25)22-14-5-3-13(4-6-14)18-21-10-9-17(23-18)24-11-15-7-8-16(12-24)26-15/h3-6,9-10,15-16H,2,7-8,11-12H2,1H3,(H2,20,22,25)/t15-,16?/m1/s1. The highest BCUT2D eigenvalue weighted by Gasteiger charge is 2.34. The molecule has 0 radical (unpaired) electrons. The average molecular weight is 353 g/mol. The molecule has 0 saturated carbocycles. The van der Waals surface area contributed by atoms with Crippen molar-refractivity contribution in [1.82, 2.24) is 15.3 Å². The Bertz CT molecular complexity index is 768. The molecule has 2 atom stereocenters. The van der Waals surface area contributed by atoms with Crippen molar-refractivity contribution in [2.75, 3.05) is 29.9 Å². The molecule has 7 nitrogen and oxygen atoms in total. The van der Waals surface area contributed by atoms with E-state index in [0.717, 1.165) is 43.0 Å². The summed E-state index contributed by atoms with van der Waals surface area (Å²) < 4.78 is 5.90. The number of fused-ring (bicyclic) bond motifs is 2. The number of nitrogens with one attached hydrogen (secondary N) is 2. The molecule has 0 spiro atoms. The molecule has 2 amide bonds. The quantitative estimate of drug-likeness (QED) is 0.883. The highest BCUT2D eigenvalue weighted by atomic mass is 16.5. The molecular weight excluding hydrogens is 330 g/mol. The zero-order chi connectivity index (χ0) is 17.9. The minimum absolute atomic E-state index is 0.208. The minimum atomic E-state index is -0.208. The minimum Gasteiger partial charge on any atom is -0.371 e. The van der Waals surface area contributed by atoms with Crippen LogP contribution in [-0.2, 0) is 4.74 Å². The smallest absolute Gasteiger partial charge is 0.319 e. The van der Waals surface area contributed by atoms with Gasteiger partial charge < -0.3 is 20.3 Å². The molecule has 0 aliphatic carbocycles. The van der Waals surface area contributed by atoms with Crippen molar-refractivity contribution < 1.29 is 9.53 Å². The van der Waals surface area contributed by atoms with Gasteiger partial charge in [-0.2, -0.15) is 0 Å². The van der Waals surface area contributed by atoms with Crippen LogP contribution in [0.2, 0.25) is 0 Å². The van der Waals surface area contributed by atoms with Gasteiger partial charge in [-0.1, -0.05) is 0 Å². The summed E-state index contributed by atoms with van der Waals surface area (Å²) in [5.74, 6) is 1.63. The van der Waals surface area contributed by atoms with E-state index in [1.54, 1.807) is 6.20 Å². The Morgan fingerprint density at radius 1 is 1.19 bits per heavy atom. The summed E-state index contributed by atoms with van der Waals surface area (Å²) in [6.45, 7) is 4.26. The first kappa shape index (κ1) is 16.8. The number of anilines is 2. The second-order valence-electron chi connectivity index (χ2n) is 6.66. The van der Waals surface area contributed by atoms with Gasteiger partial charge in [0, 0.05) is 37.1 Å². The van der Waals surface area contributed by atoms with Gasteiger partial charge in [-0.05, 0) is 50.1 Å². The molecule has 3 heterocycles. The van der Waals surface area contributed by atoms with Gasteiger partial charge in [-0.3, -0.25) is 0 Å². The number of rotatable bonds is 4. The van der Waals surface area contributed by atoms with E-state index in [-0.39, 0.29) is 6.03 Å². The molecule has 2 N–H and O–H groups in total. The predicted octanol–water partition coefficient (Wildman–Crippen LogP) is 2.65. The summed E-state index contributed by atoms with van der Waals surface area (Å²) in [7, 11) is 0. The van der Waals surface area contributed by atoms with Gasteiger partial charge in [0.15, 0.2) is 5.82 Å². The Morgan fingerprint density at radius 3 is 2.62 bits per heavy atom. The maximum Gasteiger partial charge on any atom is 0.319 e. The molecule has 2 aliphatic heterocycles. The van der Waals surface area contributed by atoms with Crippen molar-refractivity contribution in [3.63, 3.8) is 0 Å². The maximum atomic E-state index is 11.6. The fourth-order valence-corrected chi connectivity index (χ4v) is 3.50. The lowest BCUT2D eigenvalue weighted by atomic mass is 10.2. The van der Waals surface area contributed by atoms with Crippen molar-refractivity contribution in [3.05, 3.63) is 36.5 Å². The van der Waals surface area contributed by atoms with Gasteiger partial charge in [0.1, 0.15) is 5.82 Å². The van der Waals surface area contributed by atoms with Gasteiger partial charge in [-0.15, -0.1) is 0 Å². The molecule has 2 aromatic rings. The van der Waals surface area contributed by atoms with Crippen LogP contribution < -0.4 is 15.5 Å². The number of hydrogen-bond acceptors (Lipinski definition) is 5. The van der Waals surface area contributed by atoms with Crippen molar-refractivity contribution in [3.8, 4) is 11.4 Å². The lowest BCUT2D eigenvalue weighted by molar-refractivity contribution is 0.0302. The van der Waals surface area contributed by atoms with Gasteiger partial charge in [-0.25, -0.2) is 14.8 Å². The van der Waals surface area contributed by atoms with Crippen molar-refractivity contribution >= 4 is 17.5 Å². The van der Waals surface area contributed by atoms with E-state index in [2.05, 4.69) is 20.5 Å². The Hall–Kier alpha value is -2.67. The predicted molar refractivity (Wildman–Crippen MR) is 100 cm³/mol. The summed E-state index contributed by atoms with van der Waals surface area (Å²) in [6, 6.07) is 9.30. The van der Waals surface area contributed by atoms with Gasteiger partial charge >= 0.3 is 6.03 Å². The first-order valence-corrected chi connectivity index (χ1v) is 9.10. The molecule has 2 aliphatic rings. The van der Waals surface area contributed by atoms with Crippen LogP contribution in [0.5, 0.6) is 0 Å². The number of benzene rings is 1. The fourth-order valence-electron chi connectivity index (χ4n) is 3.50. The second kappa shape index (κ2) is 7.29. The number of aromatic nitrogens is 2. The summed E-state index contributed by atoms with van der Waals surface area (Å²) in [4.78, 5) is 23.0. The molecule has 2 saturated heterocycles. The van der Waals surface area contributed by atoms with Crippen LogP contribution in [0.3, 0.4) is 0 Å². The molecule has 2 fully saturated rings. The van der Waals surface area contributed by atoms with Gasteiger partial charge in [0.05, 0.1) is 12.2 Å². The number of amides is 2. The monoisotopic (exact) mass is 353 g/mol. The third-order valence-electron chi connectivity index (χ3n) is 4.75. The number of hydrogen-bond donors (Lipinski definition) is 2. The van der Waals surface area contributed by atoms with Crippen LogP contribution in [0.1, 0.15) is 19.8 Å². The summed E-state index contributed by atoms with van der Waals surface area (Å²) >= 11 is 0. The van der Waals surface area contributed by atoms with Crippen molar-refractivity contribution in [2.24, 2.45) is 0 Å². The molecule has 7 heteroatoms. The number of morpholine rings is 1. The Labute approximate surface area is 152 Å². The van der Waals surface area contributed by atoms with Crippen LogP contribution in [0, 0.1) is 0 Å². The first-order valence-electron chi connectivity index (χ1n) is 9.10. The van der Waals surface area contributed by atoms with Gasteiger partial charge in [0.25, 0.3) is 0 Å². The lowest BCUT2D eigenvalue weighted by Gasteiger charge is -2.33. The zero-order valence-electron chi connectivity index (χ0n) is 14.8. The topological polar surface area (TPSA) is 79.4 Å². The zero-order valence-corrected chi connectivity index (χ0v) is 14.8. The number of nitrogens with zero attached hydrogens (tertiary/aromatic N) is 3. The first-order chi connectivity index (χ1) is 12.7. The van der Waals surface area contributed by atoms with Crippen molar-refractivity contribution in [2.45, 2.75) is 32.0 Å². The highest BCUT2D eigenvalue weighted by molar-refractivity contribution is 5.89. The molecule has 2 bridgehead atoms. The summed E-state index contributed by atoms with van der Waals surface area (Å²) in [6.07, 6.45) is 4.73. The highest BCUT2D eigenvalue weighted by Crippen LogP contribution is 2.29. The van der Waals surface area contributed by atoms with E-state index in [1.807, 2.05) is 37.3 Å². The number of ether oxygens (including phenoxy) is 1. The molecule has 1 unspecified atom stereocenters. The molecule has 26 heavy (non-hydrogen) atoms. The van der Waals surface area contributed by atoms with Gasteiger partial charge in [0.2, 0.25) is 0 Å². The van der Waals surface area contributed by atoms with E-state index in [4.69, 9.17) is 9.72 Å². The van der Waals surface area contributed by atoms with Crippen LogP contribution in [0.15, 0.2) is 36.5 Å².